The number of carbonyl (C=O) groups excluding carboxylic acids is 1. The highest BCUT2D eigenvalue weighted by atomic mass is 32.3. The molecule has 1 saturated heterocycles. The van der Waals surface area contributed by atoms with Gasteiger partial charge in [-0.05, 0) is 76.3 Å². The molecule has 0 unspecified atom stereocenters. The minimum Gasteiger partial charge on any atom is -0.506 e. The monoisotopic (exact) mass is 691 g/mol. The number of benzene rings is 1. The number of pyridine rings is 2. The van der Waals surface area contributed by atoms with Crippen LogP contribution in [0.15, 0.2) is 50.6 Å². The molecule has 0 saturated carbocycles. The van der Waals surface area contributed by atoms with E-state index in [1.807, 2.05) is 13.8 Å². The van der Waals surface area contributed by atoms with Crippen LogP contribution in [0, 0.1) is 5.92 Å². The van der Waals surface area contributed by atoms with Gasteiger partial charge >= 0.3 is 6.09 Å². The molecule has 2 aliphatic rings. The Morgan fingerprint density at radius 3 is 2.55 bits per heavy atom. The Labute approximate surface area is 274 Å². The smallest absolute Gasteiger partial charge is 0.410 e. The normalized spacial score (nSPS) is 17.5. The van der Waals surface area contributed by atoms with E-state index in [9.17, 15) is 32.2 Å². The maximum Gasteiger partial charge on any atom is 0.410 e. The molecule has 1 aromatic carbocycles. The maximum atomic E-state index is 13.7. The van der Waals surface area contributed by atoms with Gasteiger partial charge < -0.3 is 20.1 Å². The fraction of sp³-hybridized carbons (Fsp3) is 0.467. The molecule has 0 atom stereocenters. The first-order chi connectivity index (χ1) is 21.9. The Kier molecular flexibility index (Phi) is 9.49. The van der Waals surface area contributed by atoms with Crippen LogP contribution in [0.3, 0.4) is 0 Å². The van der Waals surface area contributed by atoms with Crippen molar-refractivity contribution in [2.45, 2.75) is 77.0 Å². The van der Waals surface area contributed by atoms with E-state index in [1.165, 1.54) is 33.9 Å². The average molecular weight is 692 g/mol. The second-order valence-electron chi connectivity index (χ2n) is 13.0. The molecule has 17 heteroatoms. The van der Waals surface area contributed by atoms with Crippen LogP contribution >= 0.6 is 10.8 Å². The number of nitrogens with one attached hydrogen (secondary N) is 3. The molecule has 6 N–H and O–H groups in total. The van der Waals surface area contributed by atoms with Gasteiger partial charge in [0.15, 0.2) is 5.84 Å². The number of fused-ring (bicyclic) bond motifs is 2. The largest absolute Gasteiger partial charge is 0.506 e. The van der Waals surface area contributed by atoms with Crippen LogP contribution in [0.5, 0.6) is 5.75 Å². The summed E-state index contributed by atoms with van der Waals surface area (Å²) in [6.07, 6.45) is 2.49. The predicted molar refractivity (Wildman–Crippen MR) is 181 cm³/mol. The summed E-state index contributed by atoms with van der Waals surface area (Å²) in [5.74, 6) is -0.367. The number of aromatic hydroxyl groups is 1. The van der Waals surface area contributed by atoms with Crippen LogP contribution in [-0.2, 0) is 21.5 Å². The van der Waals surface area contributed by atoms with Crippen LogP contribution in [0.1, 0.15) is 59.4 Å². The van der Waals surface area contributed by atoms with Crippen LogP contribution in [-0.4, -0.2) is 73.7 Å². The molecule has 2 aromatic heterocycles. The number of aromatic nitrogens is 2. The van der Waals surface area contributed by atoms with Crippen molar-refractivity contribution in [3.05, 3.63) is 52.4 Å². The number of amidine groups is 1. The number of aryl methyl sites for hydroxylation is 1. The molecule has 0 aliphatic carbocycles. The lowest BCUT2D eigenvalue weighted by Crippen LogP contribution is -2.48. The van der Waals surface area contributed by atoms with Gasteiger partial charge in [0.05, 0.1) is 16.8 Å². The predicted octanol–water partition coefficient (Wildman–Crippen LogP) is 4.69. The quantitative estimate of drug-likeness (QED) is 0.192. The van der Waals surface area contributed by atoms with E-state index in [4.69, 9.17) is 4.74 Å². The molecule has 5 rings (SSSR count). The van der Waals surface area contributed by atoms with Gasteiger partial charge in [0.1, 0.15) is 27.5 Å². The van der Waals surface area contributed by atoms with Gasteiger partial charge in [-0.1, -0.05) is 24.6 Å². The van der Waals surface area contributed by atoms with E-state index < -0.39 is 50.0 Å². The lowest BCUT2D eigenvalue weighted by Gasteiger charge is -2.35. The summed E-state index contributed by atoms with van der Waals surface area (Å²) < 4.78 is 64.0. The molecule has 47 heavy (non-hydrogen) atoms. The molecule has 3 aromatic rings. The zero-order valence-electron chi connectivity index (χ0n) is 26.8. The van der Waals surface area contributed by atoms with E-state index in [1.54, 1.807) is 32.9 Å². The van der Waals surface area contributed by atoms with Crippen LogP contribution in [0.4, 0.5) is 16.2 Å². The van der Waals surface area contributed by atoms with Gasteiger partial charge in [0.2, 0.25) is 0 Å². The Morgan fingerprint density at radius 1 is 1.19 bits per heavy atom. The van der Waals surface area contributed by atoms with Crippen molar-refractivity contribution < 1.29 is 32.2 Å². The molecule has 1 amide bonds. The number of ether oxygens (including phenoxy) is 1. The first kappa shape index (κ1) is 34.4. The first-order valence-corrected chi connectivity index (χ1v) is 18.2. The Morgan fingerprint density at radius 2 is 1.89 bits per heavy atom. The fourth-order valence-corrected chi connectivity index (χ4v) is 7.69. The van der Waals surface area contributed by atoms with Crippen molar-refractivity contribution >= 4 is 55.3 Å². The molecule has 0 bridgehead atoms. The molecule has 4 heterocycles. The number of carbonyl (C=O) groups is 1. The summed E-state index contributed by atoms with van der Waals surface area (Å²) in [5.41, 5.74) is -0.984. The van der Waals surface area contributed by atoms with E-state index >= 15 is 0 Å². The number of nitrogens with zero attached hydrogens (tertiary/aromatic N) is 4. The number of rotatable bonds is 8. The van der Waals surface area contributed by atoms with E-state index in [0.717, 1.165) is 0 Å². The fourth-order valence-electron chi connectivity index (χ4n) is 5.33. The Bertz CT molecular complexity index is 1880. The summed E-state index contributed by atoms with van der Waals surface area (Å²) in [7, 11) is -8.05. The Balaban J connectivity index is 1.34. The van der Waals surface area contributed by atoms with Gasteiger partial charge in [-0.3, -0.25) is 23.2 Å². The summed E-state index contributed by atoms with van der Waals surface area (Å²) in [6, 6.07) is 6.87. The lowest BCUT2D eigenvalue weighted by molar-refractivity contribution is 0.0203. The van der Waals surface area contributed by atoms with Gasteiger partial charge in [0, 0.05) is 31.9 Å². The molecule has 0 radical (unpaired) electrons. The standard InChI is InChI=1S/C30H41N7O8S2/c1-18(2)10-16-37-27-21(7-6-13-31-27)25(38)24(28(37)39)26-32-22-9-8-20(17-23(22)46(41,42)35-26)34-47(43,44)33-19-11-14-36(15-12-19)29(40)45-30(3,4)5/h6-9,13,17-19,33-34,38,41-42H,10-12,14-16H2,1-5H3,(H,32,35). The summed E-state index contributed by atoms with van der Waals surface area (Å²) in [5, 5.41) is 14.4. The third kappa shape index (κ3) is 7.81. The van der Waals surface area contributed by atoms with Gasteiger partial charge in [-0.15, -0.1) is 4.40 Å². The minimum absolute atomic E-state index is 0.0403. The highest BCUT2D eigenvalue weighted by Gasteiger charge is 2.32. The number of amides is 1. The van der Waals surface area contributed by atoms with E-state index in [-0.39, 0.29) is 33.6 Å². The number of hydrogen-bond donors (Lipinski definition) is 6. The lowest BCUT2D eigenvalue weighted by atomic mass is 10.1. The van der Waals surface area contributed by atoms with Crippen LogP contribution < -0.4 is 20.3 Å². The summed E-state index contributed by atoms with van der Waals surface area (Å²) >= 11 is 0. The van der Waals surface area contributed by atoms with E-state index in [2.05, 4.69) is 24.1 Å². The molecule has 1 fully saturated rings. The molecule has 15 nitrogen and oxygen atoms in total. The molecule has 0 spiro atoms. The third-order valence-electron chi connectivity index (χ3n) is 7.63. The van der Waals surface area contributed by atoms with Crippen molar-refractivity contribution in [1.82, 2.24) is 19.2 Å². The number of piperidine rings is 1. The first-order valence-electron chi connectivity index (χ1n) is 15.2. The van der Waals surface area contributed by atoms with Crippen molar-refractivity contribution in [2.75, 3.05) is 23.1 Å². The zero-order valence-corrected chi connectivity index (χ0v) is 28.5. The summed E-state index contributed by atoms with van der Waals surface area (Å²) in [6.45, 7) is 10.3. The average Bonchev–Trinajstić information content (AvgIpc) is 2.96. The van der Waals surface area contributed by atoms with Crippen LogP contribution in [0.25, 0.3) is 11.0 Å². The van der Waals surface area contributed by atoms with Gasteiger partial charge in [0.25, 0.3) is 15.8 Å². The second kappa shape index (κ2) is 13.0. The number of likely N-dealkylation sites (tertiary alicyclic amines) is 1. The molecular formula is C30H41N7O8S2. The molecule has 2 aliphatic heterocycles. The third-order valence-corrected chi connectivity index (χ3v) is 10.1. The number of anilines is 2. The van der Waals surface area contributed by atoms with Crippen molar-refractivity contribution in [1.29, 1.82) is 0 Å². The zero-order chi connectivity index (χ0) is 34.3. The molecular weight excluding hydrogens is 651 g/mol. The number of hydrogen-bond acceptors (Lipinski definition) is 11. The van der Waals surface area contributed by atoms with Crippen molar-refractivity contribution in [3.63, 3.8) is 0 Å². The summed E-state index contributed by atoms with van der Waals surface area (Å²) in [4.78, 5) is 31.8. The van der Waals surface area contributed by atoms with Crippen LogP contribution in [0.2, 0.25) is 0 Å². The SMILES string of the molecule is CC(C)CCn1c(=O)c(C2=NS(O)(O)c3cc(NS(=O)(=O)NC4CCN(C(=O)OC(C)(C)C)CC4)ccc3N2)c(O)c2cccnc21. The van der Waals surface area contributed by atoms with E-state index in [0.29, 0.717) is 49.9 Å². The van der Waals surface area contributed by atoms with Crippen molar-refractivity contribution in [2.24, 2.45) is 10.3 Å². The minimum atomic E-state index is -4.09. The van der Waals surface area contributed by atoms with Gasteiger partial charge in [-0.2, -0.15) is 13.1 Å². The second-order valence-corrected chi connectivity index (χ2v) is 16.1. The van der Waals surface area contributed by atoms with Gasteiger partial charge in [-0.25, -0.2) is 9.78 Å². The highest BCUT2D eigenvalue weighted by molar-refractivity contribution is 8.23. The molecule has 256 valence electrons. The van der Waals surface area contributed by atoms with Crippen molar-refractivity contribution in [3.8, 4) is 5.75 Å². The maximum absolute atomic E-state index is 13.7. The topological polar surface area (TPSA) is 208 Å². The highest BCUT2D eigenvalue weighted by Crippen LogP contribution is 2.56. The Hall–Kier alpha value is -3.90.